The molecule has 0 spiro atoms. The number of nitrogens with one attached hydrogen (secondary N) is 1. The van der Waals surface area contributed by atoms with E-state index in [-0.39, 0.29) is 17.4 Å². The minimum atomic E-state index is -0.490. The summed E-state index contributed by atoms with van der Waals surface area (Å²) >= 11 is 0. The van der Waals surface area contributed by atoms with E-state index in [1.165, 1.54) is 41.5 Å². The van der Waals surface area contributed by atoms with Gasteiger partial charge in [0.05, 0.1) is 6.04 Å². The van der Waals surface area contributed by atoms with Gasteiger partial charge >= 0.3 is 0 Å². The lowest BCUT2D eigenvalue weighted by molar-refractivity contribution is -0.128. The molecule has 3 nitrogen and oxygen atoms in total. The average molecular weight is 394 g/mol. The van der Waals surface area contributed by atoms with Crippen LogP contribution in [0, 0.1) is 0 Å². The highest BCUT2D eigenvalue weighted by molar-refractivity contribution is 5.81. The average Bonchev–Trinajstić information content (AvgIpc) is 2.71. The molecule has 2 atom stereocenters. The summed E-state index contributed by atoms with van der Waals surface area (Å²) < 4.78 is 6.01. The molecule has 1 aliphatic rings. The number of hydrogen-bond acceptors (Lipinski definition) is 2. The van der Waals surface area contributed by atoms with Crippen molar-refractivity contribution in [3.63, 3.8) is 0 Å². The molecule has 1 amide bonds. The third-order valence-corrected chi connectivity index (χ3v) is 5.89. The van der Waals surface area contributed by atoms with E-state index in [0.717, 1.165) is 12.2 Å². The molecule has 0 saturated carbocycles. The van der Waals surface area contributed by atoms with Gasteiger partial charge < -0.3 is 10.1 Å². The number of hydrogen-bond donors (Lipinski definition) is 1. The van der Waals surface area contributed by atoms with Crippen molar-refractivity contribution in [3.8, 4) is 5.75 Å². The van der Waals surface area contributed by atoms with Crippen LogP contribution >= 0.6 is 0 Å². The Hall–Kier alpha value is -2.29. The van der Waals surface area contributed by atoms with Gasteiger partial charge in [-0.05, 0) is 78.8 Å². The Balaban J connectivity index is 1.63. The second-order valence-electron chi connectivity index (χ2n) is 9.25. The molecule has 0 saturated heterocycles. The lowest BCUT2D eigenvalue weighted by Gasteiger charge is -2.23. The van der Waals surface area contributed by atoms with E-state index in [2.05, 4.69) is 56.4 Å². The first-order chi connectivity index (χ1) is 13.8. The maximum atomic E-state index is 12.8. The number of amides is 1. The minimum absolute atomic E-state index is 0.0318. The van der Waals surface area contributed by atoms with Gasteiger partial charge in [-0.25, -0.2) is 0 Å². The molecule has 2 aromatic rings. The molecule has 0 unspecified atom stereocenters. The normalized spacial score (nSPS) is 15.9. The molecular formula is C26H35NO2. The summed E-state index contributed by atoms with van der Waals surface area (Å²) in [6.07, 6.45) is 5.01. The Labute approximate surface area is 175 Å². The predicted octanol–water partition coefficient (Wildman–Crippen LogP) is 5.90. The first kappa shape index (κ1) is 21.4. The summed E-state index contributed by atoms with van der Waals surface area (Å²) in [4.78, 5) is 12.8. The largest absolute Gasteiger partial charge is 0.481 e. The van der Waals surface area contributed by atoms with Crippen molar-refractivity contribution in [1.29, 1.82) is 0 Å². The number of fused-ring (bicyclic) bond motifs is 1. The van der Waals surface area contributed by atoms with Crippen molar-refractivity contribution in [3.05, 3.63) is 64.7 Å². The van der Waals surface area contributed by atoms with Crippen LogP contribution in [0.3, 0.4) is 0 Å². The highest BCUT2D eigenvalue weighted by atomic mass is 16.5. The number of aryl methyl sites for hydroxylation is 2. The third kappa shape index (κ3) is 5.41. The zero-order chi connectivity index (χ0) is 21.0. The number of ether oxygens (including phenoxy) is 1. The molecule has 0 bridgehead atoms. The second kappa shape index (κ2) is 9.02. The van der Waals surface area contributed by atoms with Gasteiger partial charge in [0.2, 0.25) is 0 Å². The molecule has 0 radical (unpaired) electrons. The minimum Gasteiger partial charge on any atom is -0.481 e. The lowest BCUT2D eigenvalue weighted by Crippen LogP contribution is -2.39. The van der Waals surface area contributed by atoms with Gasteiger partial charge in [-0.1, -0.05) is 58.0 Å². The van der Waals surface area contributed by atoms with Gasteiger partial charge in [0.15, 0.2) is 6.10 Å². The topological polar surface area (TPSA) is 38.3 Å². The molecule has 1 N–H and O–H groups in total. The first-order valence-electron chi connectivity index (χ1n) is 11.0. The number of carbonyl (C=O) groups is 1. The Morgan fingerprint density at radius 2 is 1.69 bits per heavy atom. The fourth-order valence-corrected chi connectivity index (χ4v) is 3.93. The van der Waals surface area contributed by atoms with Crippen molar-refractivity contribution < 1.29 is 9.53 Å². The third-order valence-electron chi connectivity index (χ3n) is 5.89. The summed E-state index contributed by atoms with van der Waals surface area (Å²) in [6, 6.07) is 14.7. The molecule has 156 valence electrons. The molecular weight excluding hydrogens is 358 g/mol. The van der Waals surface area contributed by atoms with Gasteiger partial charge in [0, 0.05) is 0 Å². The summed E-state index contributed by atoms with van der Waals surface area (Å²) in [7, 11) is 0. The van der Waals surface area contributed by atoms with Crippen LogP contribution in [0.1, 0.15) is 82.2 Å². The van der Waals surface area contributed by atoms with Crippen LogP contribution in [0.2, 0.25) is 0 Å². The number of benzene rings is 2. The van der Waals surface area contributed by atoms with Gasteiger partial charge in [0.1, 0.15) is 5.75 Å². The van der Waals surface area contributed by atoms with Gasteiger partial charge in [-0.15, -0.1) is 0 Å². The van der Waals surface area contributed by atoms with Crippen LogP contribution in [0.15, 0.2) is 42.5 Å². The summed E-state index contributed by atoms with van der Waals surface area (Å²) in [5.41, 5.74) is 5.43. The fourth-order valence-electron chi connectivity index (χ4n) is 3.93. The highest BCUT2D eigenvalue weighted by Crippen LogP contribution is 2.26. The molecule has 0 aromatic heterocycles. The van der Waals surface area contributed by atoms with Crippen LogP contribution in [-0.2, 0) is 23.1 Å². The van der Waals surface area contributed by atoms with E-state index >= 15 is 0 Å². The summed E-state index contributed by atoms with van der Waals surface area (Å²) in [5.74, 6) is 0.680. The summed E-state index contributed by atoms with van der Waals surface area (Å²) in [6.45, 7) is 10.6. The number of rotatable bonds is 6. The van der Waals surface area contributed by atoms with Crippen LogP contribution in [-0.4, -0.2) is 12.0 Å². The Bertz CT molecular complexity index is 833. The van der Waals surface area contributed by atoms with E-state index in [4.69, 9.17) is 4.74 Å². The fraction of sp³-hybridized carbons (Fsp3) is 0.500. The van der Waals surface area contributed by atoms with Crippen molar-refractivity contribution in [2.24, 2.45) is 0 Å². The van der Waals surface area contributed by atoms with Crippen LogP contribution in [0.5, 0.6) is 5.75 Å². The zero-order valence-corrected chi connectivity index (χ0v) is 18.5. The highest BCUT2D eigenvalue weighted by Gasteiger charge is 2.22. The Kier molecular flexibility index (Phi) is 6.66. The quantitative estimate of drug-likeness (QED) is 0.664. The van der Waals surface area contributed by atoms with E-state index in [1.54, 1.807) is 0 Å². The molecule has 2 aromatic carbocycles. The standard InChI is InChI=1S/C26H35NO2/c1-6-24(29-23-15-13-22(14-16-23)26(3,4)5)25(28)27-18(2)20-12-11-19-9-7-8-10-21(19)17-20/h11-18,24H,6-10H2,1-5H3,(H,27,28)/t18-,24-/m0/s1. The van der Waals surface area contributed by atoms with E-state index < -0.39 is 6.10 Å². The van der Waals surface area contributed by atoms with E-state index in [1.807, 2.05) is 26.0 Å². The first-order valence-corrected chi connectivity index (χ1v) is 11.0. The van der Waals surface area contributed by atoms with Crippen LogP contribution < -0.4 is 10.1 Å². The monoisotopic (exact) mass is 393 g/mol. The molecule has 0 fully saturated rings. The maximum absolute atomic E-state index is 12.8. The van der Waals surface area contributed by atoms with Gasteiger partial charge in [-0.2, -0.15) is 0 Å². The SMILES string of the molecule is CC[C@H](Oc1ccc(C(C)(C)C)cc1)C(=O)N[C@@H](C)c1ccc2c(c1)CCCC2. The second-order valence-corrected chi connectivity index (χ2v) is 9.25. The van der Waals surface area contributed by atoms with E-state index in [0.29, 0.717) is 6.42 Å². The molecule has 0 heterocycles. The van der Waals surface area contributed by atoms with Gasteiger partial charge in [0.25, 0.3) is 5.91 Å². The molecule has 1 aliphatic carbocycles. The van der Waals surface area contributed by atoms with Gasteiger partial charge in [-0.3, -0.25) is 4.79 Å². The molecule has 0 aliphatic heterocycles. The molecule has 3 heteroatoms. The Morgan fingerprint density at radius 3 is 2.31 bits per heavy atom. The lowest BCUT2D eigenvalue weighted by atomic mass is 9.87. The number of carbonyl (C=O) groups excluding carboxylic acids is 1. The van der Waals surface area contributed by atoms with Crippen LogP contribution in [0.4, 0.5) is 0 Å². The smallest absolute Gasteiger partial charge is 0.261 e. The molecule has 29 heavy (non-hydrogen) atoms. The summed E-state index contributed by atoms with van der Waals surface area (Å²) in [5, 5.41) is 3.15. The van der Waals surface area contributed by atoms with Crippen molar-refractivity contribution in [1.82, 2.24) is 5.32 Å². The molecule has 3 rings (SSSR count). The van der Waals surface area contributed by atoms with Crippen molar-refractivity contribution >= 4 is 5.91 Å². The zero-order valence-electron chi connectivity index (χ0n) is 18.5. The predicted molar refractivity (Wildman–Crippen MR) is 119 cm³/mol. The van der Waals surface area contributed by atoms with E-state index in [9.17, 15) is 4.79 Å². The van der Waals surface area contributed by atoms with Crippen LogP contribution in [0.25, 0.3) is 0 Å². The maximum Gasteiger partial charge on any atom is 0.261 e. The Morgan fingerprint density at radius 1 is 1.03 bits per heavy atom. The van der Waals surface area contributed by atoms with Crippen molar-refractivity contribution in [2.45, 2.75) is 84.3 Å². The van der Waals surface area contributed by atoms with Crippen molar-refractivity contribution in [2.75, 3.05) is 0 Å².